The van der Waals surface area contributed by atoms with Gasteiger partial charge in [0.25, 0.3) is 0 Å². The first kappa shape index (κ1) is 18.9. The molecule has 154 valence electrons. The summed E-state index contributed by atoms with van der Waals surface area (Å²) in [5.74, 6) is 1.42. The molecule has 3 aliphatic rings. The summed E-state index contributed by atoms with van der Waals surface area (Å²) in [6.07, 6.45) is 6.47. The Balaban J connectivity index is 1.27. The second kappa shape index (κ2) is 7.60. The number of carbonyl (C=O) groups is 1. The van der Waals surface area contributed by atoms with Crippen LogP contribution in [0.1, 0.15) is 44.1 Å². The lowest BCUT2D eigenvalue weighted by atomic mass is 9.72. The monoisotopic (exact) mass is 393 g/mol. The van der Waals surface area contributed by atoms with Crippen LogP contribution in [0.3, 0.4) is 0 Å². The summed E-state index contributed by atoms with van der Waals surface area (Å²) in [4.78, 5) is 22.0. The summed E-state index contributed by atoms with van der Waals surface area (Å²) in [7, 11) is 0. The van der Waals surface area contributed by atoms with Gasteiger partial charge in [-0.1, -0.05) is 18.2 Å². The second-order valence-corrected chi connectivity index (χ2v) is 9.21. The van der Waals surface area contributed by atoms with Gasteiger partial charge in [0.05, 0.1) is 11.6 Å². The number of anilines is 1. The highest BCUT2D eigenvalue weighted by molar-refractivity contribution is 5.83. The van der Waals surface area contributed by atoms with Gasteiger partial charge in [-0.3, -0.25) is 4.79 Å². The van der Waals surface area contributed by atoms with E-state index in [1.54, 1.807) is 0 Å². The third-order valence-corrected chi connectivity index (χ3v) is 7.25. The Kier molecular flexibility index (Phi) is 4.94. The molecule has 3 saturated heterocycles. The van der Waals surface area contributed by atoms with E-state index in [1.165, 1.54) is 10.9 Å². The second-order valence-electron chi connectivity index (χ2n) is 9.21. The molecule has 0 unspecified atom stereocenters. The number of amides is 1. The molecule has 1 atom stereocenters. The van der Waals surface area contributed by atoms with Gasteiger partial charge in [-0.25, -0.2) is 4.98 Å². The minimum atomic E-state index is 0.249. The maximum absolute atomic E-state index is 12.5. The van der Waals surface area contributed by atoms with Crippen LogP contribution in [0.25, 0.3) is 10.9 Å². The van der Waals surface area contributed by atoms with Crippen LogP contribution in [-0.2, 0) is 9.53 Å². The fourth-order valence-corrected chi connectivity index (χ4v) is 5.41. The van der Waals surface area contributed by atoms with Crippen molar-refractivity contribution in [1.82, 2.24) is 9.88 Å². The molecule has 3 fully saturated rings. The van der Waals surface area contributed by atoms with Gasteiger partial charge >= 0.3 is 0 Å². The van der Waals surface area contributed by atoms with Crippen LogP contribution in [0.4, 0.5) is 5.82 Å². The zero-order valence-corrected chi connectivity index (χ0v) is 17.4. The third-order valence-electron chi connectivity index (χ3n) is 7.25. The quantitative estimate of drug-likeness (QED) is 0.793. The number of para-hydroxylation sites is 1. The van der Waals surface area contributed by atoms with Crippen molar-refractivity contribution in [3.05, 3.63) is 35.9 Å². The van der Waals surface area contributed by atoms with Crippen molar-refractivity contribution in [3.8, 4) is 0 Å². The Hall–Kier alpha value is -2.14. The van der Waals surface area contributed by atoms with Crippen molar-refractivity contribution in [2.75, 3.05) is 37.7 Å². The van der Waals surface area contributed by atoms with E-state index in [0.29, 0.717) is 12.3 Å². The Morgan fingerprint density at radius 2 is 2.03 bits per heavy atom. The molecule has 3 aliphatic heterocycles. The van der Waals surface area contributed by atoms with Crippen LogP contribution in [0.5, 0.6) is 0 Å². The lowest BCUT2D eigenvalue weighted by Gasteiger charge is -2.48. The molecule has 0 bridgehead atoms. The summed E-state index contributed by atoms with van der Waals surface area (Å²) >= 11 is 0. The van der Waals surface area contributed by atoms with E-state index in [2.05, 4.69) is 47.1 Å². The van der Waals surface area contributed by atoms with E-state index in [0.717, 1.165) is 76.2 Å². The number of piperidine rings is 2. The predicted molar refractivity (Wildman–Crippen MR) is 115 cm³/mol. The number of fused-ring (bicyclic) bond motifs is 1. The summed E-state index contributed by atoms with van der Waals surface area (Å²) in [5, 5.41) is 1.24. The molecular weight excluding hydrogens is 362 g/mol. The first-order chi connectivity index (χ1) is 14.1. The highest BCUT2D eigenvalue weighted by Gasteiger charge is 2.41. The fourth-order valence-electron chi connectivity index (χ4n) is 5.41. The number of hydrogen-bond acceptors (Lipinski definition) is 4. The number of aromatic nitrogens is 1. The van der Waals surface area contributed by atoms with Crippen molar-refractivity contribution in [2.24, 2.45) is 5.41 Å². The van der Waals surface area contributed by atoms with Crippen LogP contribution in [-0.4, -0.2) is 54.7 Å². The number of pyridine rings is 1. The summed E-state index contributed by atoms with van der Waals surface area (Å²) in [6, 6.07) is 10.6. The normalized spacial score (nSPS) is 24.6. The minimum Gasteiger partial charge on any atom is -0.376 e. The molecule has 1 aromatic carbocycles. The molecule has 29 heavy (non-hydrogen) atoms. The molecule has 5 nitrogen and oxygen atoms in total. The largest absolute Gasteiger partial charge is 0.376 e. The predicted octanol–water partition coefficient (Wildman–Crippen LogP) is 3.93. The summed E-state index contributed by atoms with van der Waals surface area (Å²) in [5.41, 5.74) is 2.64. The highest BCUT2D eigenvalue weighted by atomic mass is 16.5. The SMILES string of the molecule is Cc1cc(N2CCC3(CCC(=O)N(C[C@H]4CCCO4)C3)CC2)nc2ccccc12. The molecule has 2 aromatic rings. The minimum absolute atomic E-state index is 0.249. The Morgan fingerprint density at radius 3 is 2.83 bits per heavy atom. The molecular formula is C24H31N3O2. The molecule has 0 saturated carbocycles. The molecule has 4 heterocycles. The van der Waals surface area contributed by atoms with Gasteiger partial charge in [0.1, 0.15) is 5.82 Å². The van der Waals surface area contributed by atoms with Crippen LogP contribution < -0.4 is 4.90 Å². The van der Waals surface area contributed by atoms with Crippen molar-refractivity contribution in [1.29, 1.82) is 0 Å². The number of aryl methyl sites for hydroxylation is 1. The van der Waals surface area contributed by atoms with Gasteiger partial charge in [0.2, 0.25) is 5.91 Å². The maximum atomic E-state index is 12.5. The Morgan fingerprint density at radius 1 is 1.21 bits per heavy atom. The molecule has 1 spiro atoms. The van der Waals surface area contributed by atoms with Crippen LogP contribution in [0.2, 0.25) is 0 Å². The number of nitrogens with zero attached hydrogens (tertiary/aromatic N) is 3. The standard InChI is InChI=1S/C24H31N3O2/c1-18-15-22(25-21-7-3-2-6-20(18)21)26-12-10-24(11-13-26)9-8-23(28)27(17-24)16-19-5-4-14-29-19/h2-3,6-7,15,19H,4-5,8-14,16-17H2,1H3/t19-/m1/s1. The van der Waals surface area contributed by atoms with E-state index in [4.69, 9.17) is 9.72 Å². The zero-order valence-electron chi connectivity index (χ0n) is 17.4. The van der Waals surface area contributed by atoms with Crippen LogP contribution in [0, 0.1) is 12.3 Å². The topological polar surface area (TPSA) is 45.7 Å². The van der Waals surface area contributed by atoms with Crippen molar-refractivity contribution < 1.29 is 9.53 Å². The van der Waals surface area contributed by atoms with Crippen molar-refractivity contribution in [2.45, 2.75) is 51.6 Å². The fraction of sp³-hybridized carbons (Fsp3) is 0.583. The maximum Gasteiger partial charge on any atom is 0.222 e. The van der Waals surface area contributed by atoms with Gasteiger partial charge < -0.3 is 14.5 Å². The van der Waals surface area contributed by atoms with E-state index >= 15 is 0 Å². The van der Waals surface area contributed by atoms with Crippen LogP contribution in [0.15, 0.2) is 30.3 Å². The number of likely N-dealkylation sites (tertiary alicyclic amines) is 1. The summed E-state index contributed by atoms with van der Waals surface area (Å²) < 4.78 is 5.79. The molecule has 1 aromatic heterocycles. The van der Waals surface area contributed by atoms with Crippen molar-refractivity contribution in [3.63, 3.8) is 0 Å². The Bertz CT molecular complexity index is 898. The number of rotatable bonds is 3. The molecule has 0 radical (unpaired) electrons. The average Bonchev–Trinajstić information content (AvgIpc) is 3.25. The molecule has 5 rings (SSSR count). The van der Waals surface area contributed by atoms with E-state index in [1.807, 2.05) is 0 Å². The molecule has 0 aliphatic carbocycles. The van der Waals surface area contributed by atoms with E-state index in [9.17, 15) is 4.79 Å². The summed E-state index contributed by atoms with van der Waals surface area (Å²) in [6.45, 7) is 6.76. The first-order valence-electron chi connectivity index (χ1n) is 11.1. The average molecular weight is 394 g/mol. The van der Waals surface area contributed by atoms with E-state index in [-0.39, 0.29) is 11.5 Å². The van der Waals surface area contributed by atoms with Gasteiger partial charge in [-0.15, -0.1) is 0 Å². The number of ether oxygens (including phenoxy) is 1. The lowest BCUT2D eigenvalue weighted by Crippen LogP contribution is -2.53. The lowest BCUT2D eigenvalue weighted by molar-refractivity contribution is -0.140. The number of hydrogen-bond donors (Lipinski definition) is 0. The van der Waals surface area contributed by atoms with Crippen molar-refractivity contribution >= 4 is 22.6 Å². The van der Waals surface area contributed by atoms with E-state index < -0.39 is 0 Å². The third kappa shape index (κ3) is 3.73. The number of carbonyl (C=O) groups excluding carboxylic acids is 1. The molecule has 1 amide bonds. The van der Waals surface area contributed by atoms with Gasteiger partial charge in [-0.05, 0) is 62.1 Å². The molecule has 5 heteroatoms. The molecule has 0 N–H and O–H groups in total. The highest BCUT2D eigenvalue weighted by Crippen LogP contribution is 2.41. The van der Waals surface area contributed by atoms with Crippen LogP contribution >= 0.6 is 0 Å². The van der Waals surface area contributed by atoms with Gasteiger partial charge in [0, 0.05) is 44.6 Å². The first-order valence-corrected chi connectivity index (χ1v) is 11.1. The van der Waals surface area contributed by atoms with Gasteiger partial charge in [0.15, 0.2) is 0 Å². The zero-order chi connectivity index (χ0) is 19.8. The van der Waals surface area contributed by atoms with Gasteiger partial charge in [-0.2, -0.15) is 0 Å². The number of benzene rings is 1. The smallest absolute Gasteiger partial charge is 0.222 e. The Labute approximate surface area is 173 Å².